The van der Waals surface area contributed by atoms with Gasteiger partial charge in [-0.2, -0.15) is 0 Å². The summed E-state index contributed by atoms with van der Waals surface area (Å²) in [6, 6.07) is 0.497. The summed E-state index contributed by atoms with van der Waals surface area (Å²) in [5, 5.41) is 6.46. The molecule has 2 fully saturated rings. The van der Waals surface area contributed by atoms with E-state index < -0.39 is 0 Å². The molecule has 0 aromatic carbocycles. The first-order valence-electron chi connectivity index (χ1n) is 7.50. The minimum Gasteiger partial charge on any atom is -0.353 e. The number of carbonyl (C=O) groups is 1. The monoisotopic (exact) mass is 253 g/mol. The van der Waals surface area contributed by atoms with Crippen LogP contribution in [0.1, 0.15) is 39.0 Å². The lowest BCUT2D eigenvalue weighted by molar-refractivity contribution is -0.121. The van der Waals surface area contributed by atoms with Crippen molar-refractivity contribution in [1.82, 2.24) is 15.5 Å². The molecule has 0 radical (unpaired) electrons. The number of hydrogen-bond acceptors (Lipinski definition) is 3. The molecule has 2 N–H and O–H groups in total. The molecule has 0 atom stereocenters. The summed E-state index contributed by atoms with van der Waals surface area (Å²) in [6.45, 7) is 7.64. The van der Waals surface area contributed by atoms with E-state index in [1.165, 1.54) is 25.7 Å². The van der Waals surface area contributed by atoms with Gasteiger partial charge in [0.05, 0.1) is 0 Å². The minimum absolute atomic E-state index is 0.237. The van der Waals surface area contributed by atoms with Gasteiger partial charge in [0.1, 0.15) is 0 Å². The standard InChI is InChI=1S/C14H27N3O/c1-2-17(11-12-5-8-15-9-6-12)10-7-14(18)16-13-3-4-13/h12-13,15H,2-11H2,1H3,(H,16,18). The van der Waals surface area contributed by atoms with Crippen molar-refractivity contribution >= 4 is 5.91 Å². The van der Waals surface area contributed by atoms with Crippen LogP contribution in [0.5, 0.6) is 0 Å². The molecule has 0 aromatic rings. The van der Waals surface area contributed by atoms with Crippen LogP contribution in [0.4, 0.5) is 0 Å². The minimum atomic E-state index is 0.237. The van der Waals surface area contributed by atoms with Crippen LogP contribution in [0, 0.1) is 5.92 Å². The van der Waals surface area contributed by atoms with Crippen molar-refractivity contribution in [3.63, 3.8) is 0 Å². The maximum atomic E-state index is 11.7. The summed E-state index contributed by atoms with van der Waals surface area (Å²) in [4.78, 5) is 14.1. The molecular formula is C14H27N3O. The highest BCUT2D eigenvalue weighted by molar-refractivity contribution is 5.76. The van der Waals surface area contributed by atoms with E-state index in [9.17, 15) is 4.79 Å². The van der Waals surface area contributed by atoms with Crippen LogP contribution in [-0.4, -0.2) is 49.6 Å². The fraction of sp³-hybridized carbons (Fsp3) is 0.929. The Balaban J connectivity index is 1.62. The van der Waals surface area contributed by atoms with E-state index in [0.717, 1.165) is 38.6 Å². The lowest BCUT2D eigenvalue weighted by Gasteiger charge is -2.29. The van der Waals surface area contributed by atoms with Gasteiger partial charge in [-0.1, -0.05) is 6.92 Å². The van der Waals surface area contributed by atoms with E-state index in [4.69, 9.17) is 0 Å². The summed E-state index contributed by atoms with van der Waals surface area (Å²) in [7, 11) is 0. The molecular weight excluding hydrogens is 226 g/mol. The summed E-state index contributed by atoms with van der Waals surface area (Å²) in [6.07, 6.45) is 5.58. The van der Waals surface area contributed by atoms with Gasteiger partial charge in [-0.25, -0.2) is 0 Å². The van der Waals surface area contributed by atoms with Crippen molar-refractivity contribution in [2.75, 3.05) is 32.7 Å². The van der Waals surface area contributed by atoms with E-state index in [2.05, 4.69) is 22.5 Å². The lowest BCUT2D eigenvalue weighted by Crippen LogP contribution is -2.38. The first-order chi connectivity index (χ1) is 8.78. The van der Waals surface area contributed by atoms with E-state index in [1.807, 2.05) is 0 Å². The van der Waals surface area contributed by atoms with Crippen LogP contribution in [0.2, 0.25) is 0 Å². The third-order valence-electron chi connectivity index (χ3n) is 4.02. The van der Waals surface area contributed by atoms with Crippen molar-refractivity contribution in [1.29, 1.82) is 0 Å². The average molecular weight is 253 g/mol. The second-order valence-electron chi connectivity index (χ2n) is 5.68. The van der Waals surface area contributed by atoms with Gasteiger partial charge >= 0.3 is 0 Å². The predicted octanol–water partition coefficient (Wildman–Crippen LogP) is 0.977. The number of hydrogen-bond donors (Lipinski definition) is 2. The fourth-order valence-electron chi connectivity index (χ4n) is 2.60. The van der Waals surface area contributed by atoms with Gasteiger partial charge in [0.2, 0.25) is 5.91 Å². The van der Waals surface area contributed by atoms with Gasteiger partial charge in [-0.05, 0) is 51.2 Å². The summed E-state index contributed by atoms with van der Waals surface area (Å²) in [5.41, 5.74) is 0. The van der Waals surface area contributed by atoms with Crippen molar-refractivity contribution in [2.45, 2.75) is 45.1 Å². The summed E-state index contributed by atoms with van der Waals surface area (Å²) >= 11 is 0. The quantitative estimate of drug-likeness (QED) is 0.711. The maximum Gasteiger partial charge on any atom is 0.221 e. The van der Waals surface area contributed by atoms with Crippen molar-refractivity contribution in [3.05, 3.63) is 0 Å². The van der Waals surface area contributed by atoms with Gasteiger partial charge in [-0.15, -0.1) is 0 Å². The van der Waals surface area contributed by atoms with Crippen LogP contribution >= 0.6 is 0 Å². The van der Waals surface area contributed by atoms with Crippen LogP contribution in [0.3, 0.4) is 0 Å². The molecule has 2 aliphatic rings. The number of amides is 1. The van der Waals surface area contributed by atoms with Crippen LogP contribution < -0.4 is 10.6 Å². The molecule has 1 aliphatic carbocycles. The molecule has 4 heteroatoms. The Labute approximate surface area is 110 Å². The van der Waals surface area contributed by atoms with Crippen molar-refractivity contribution in [3.8, 4) is 0 Å². The summed E-state index contributed by atoms with van der Waals surface area (Å²) in [5.74, 6) is 1.05. The molecule has 104 valence electrons. The van der Waals surface area contributed by atoms with E-state index in [0.29, 0.717) is 12.5 Å². The molecule has 2 rings (SSSR count). The second kappa shape index (κ2) is 7.10. The molecule has 1 amide bonds. The molecule has 18 heavy (non-hydrogen) atoms. The smallest absolute Gasteiger partial charge is 0.221 e. The Kier molecular flexibility index (Phi) is 5.45. The Bertz CT molecular complexity index is 260. The van der Waals surface area contributed by atoms with Crippen molar-refractivity contribution < 1.29 is 4.79 Å². The number of nitrogens with zero attached hydrogens (tertiary/aromatic N) is 1. The largest absolute Gasteiger partial charge is 0.353 e. The van der Waals surface area contributed by atoms with Gasteiger partial charge in [-0.3, -0.25) is 4.79 Å². The Morgan fingerprint density at radius 3 is 2.61 bits per heavy atom. The molecule has 1 heterocycles. The third-order valence-corrected chi connectivity index (χ3v) is 4.02. The number of piperidine rings is 1. The SMILES string of the molecule is CCN(CCC(=O)NC1CC1)CC1CCNCC1. The highest BCUT2D eigenvalue weighted by Crippen LogP contribution is 2.18. The molecule has 0 spiro atoms. The number of nitrogens with one attached hydrogen (secondary N) is 2. The molecule has 1 aliphatic heterocycles. The van der Waals surface area contributed by atoms with E-state index in [-0.39, 0.29) is 5.91 Å². The number of rotatable bonds is 7. The fourth-order valence-corrected chi connectivity index (χ4v) is 2.60. The Morgan fingerprint density at radius 2 is 2.00 bits per heavy atom. The molecule has 0 aromatic heterocycles. The normalized spacial score (nSPS) is 21.2. The van der Waals surface area contributed by atoms with Gasteiger partial charge in [0, 0.05) is 25.6 Å². The molecule has 0 unspecified atom stereocenters. The maximum absolute atomic E-state index is 11.7. The molecule has 1 saturated heterocycles. The first-order valence-corrected chi connectivity index (χ1v) is 7.50. The second-order valence-corrected chi connectivity index (χ2v) is 5.68. The highest BCUT2D eigenvalue weighted by atomic mass is 16.1. The van der Waals surface area contributed by atoms with Gasteiger partial charge < -0.3 is 15.5 Å². The highest BCUT2D eigenvalue weighted by Gasteiger charge is 2.23. The summed E-state index contributed by atoms with van der Waals surface area (Å²) < 4.78 is 0. The average Bonchev–Trinajstić information content (AvgIpc) is 3.19. The van der Waals surface area contributed by atoms with Crippen LogP contribution in [0.25, 0.3) is 0 Å². The zero-order chi connectivity index (χ0) is 12.8. The van der Waals surface area contributed by atoms with Crippen molar-refractivity contribution in [2.24, 2.45) is 5.92 Å². The zero-order valence-corrected chi connectivity index (χ0v) is 11.6. The number of carbonyl (C=O) groups excluding carboxylic acids is 1. The topological polar surface area (TPSA) is 44.4 Å². The van der Waals surface area contributed by atoms with Gasteiger partial charge in [0.25, 0.3) is 0 Å². The van der Waals surface area contributed by atoms with E-state index >= 15 is 0 Å². The van der Waals surface area contributed by atoms with Crippen LogP contribution in [-0.2, 0) is 4.79 Å². The van der Waals surface area contributed by atoms with E-state index in [1.54, 1.807) is 0 Å². The molecule has 4 nitrogen and oxygen atoms in total. The molecule has 0 bridgehead atoms. The zero-order valence-electron chi connectivity index (χ0n) is 11.6. The Hall–Kier alpha value is -0.610. The third kappa shape index (κ3) is 4.94. The van der Waals surface area contributed by atoms with Crippen LogP contribution in [0.15, 0.2) is 0 Å². The Morgan fingerprint density at radius 1 is 1.28 bits per heavy atom. The first kappa shape index (κ1) is 13.8. The van der Waals surface area contributed by atoms with Gasteiger partial charge in [0.15, 0.2) is 0 Å². The molecule has 1 saturated carbocycles. The lowest BCUT2D eigenvalue weighted by atomic mass is 9.97. The predicted molar refractivity (Wildman–Crippen MR) is 73.5 cm³/mol.